The third kappa shape index (κ3) is 6.96. The van der Waals surface area contributed by atoms with Gasteiger partial charge in [-0.15, -0.1) is 10.2 Å². The molecule has 1 N–H and O–H groups in total. The van der Waals surface area contributed by atoms with Gasteiger partial charge in [0.15, 0.2) is 0 Å². The number of benzene rings is 3. The van der Waals surface area contributed by atoms with Gasteiger partial charge in [0.05, 0.1) is 17.2 Å². The number of amides is 1. The second-order valence-electron chi connectivity index (χ2n) is 9.77. The van der Waals surface area contributed by atoms with Gasteiger partial charge in [-0.1, -0.05) is 68.8 Å². The number of halogens is 1. The SMILES string of the molecule is CC(C)(C)c1ccc(S(=O)(=O)NC(=O)c2cccc(-c3ccc(OCCc4ccc(Cl)cc4)nn3)c2)cc1. The molecule has 0 bridgehead atoms. The van der Waals surface area contributed by atoms with Crippen LogP contribution < -0.4 is 9.46 Å². The summed E-state index contributed by atoms with van der Waals surface area (Å²) in [7, 11) is -4.03. The standard InChI is InChI=1S/C29H28ClN3O4S/c1-29(2,3)23-9-13-25(14-10-23)38(35,36)33-28(34)22-6-4-5-21(19-22)26-15-16-27(32-31-26)37-18-17-20-7-11-24(30)12-8-20/h4-16,19H,17-18H2,1-3H3,(H,33,34). The molecule has 4 aromatic rings. The lowest BCUT2D eigenvalue weighted by Gasteiger charge is -2.19. The third-order valence-corrected chi connectivity index (χ3v) is 7.47. The Hall–Kier alpha value is -3.75. The molecule has 0 saturated carbocycles. The highest BCUT2D eigenvalue weighted by Gasteiger charge is 2.21. The van der Waals surface area contributed by atoms with Crippen LogP contribution in [0.5, 0.6) is 5.88 Å². The first kappa shape index (κ1) is 27.3. The van der Waals surface area contributed by atoms with Crippen molar-refractivity contribution in [1.82, 2.24) is 14.9 Å². The molecule has 1 amide bonds. The Morgan fingerprint density at radius 1 is 0.921 bits per heavy atom. The van der Waals surface area contributed by atoms with Crippen LogP contribution in [0.15, 0.2) is 89.8 Å². The fourth-order valence-corrected chi connectivity index (χ4v) is 4.77. The molecule has 3 aromatic carbocycles. The number of aromatic nitrogens is 2. The molecule has 4 rings (SSSR count). The molecule has 0 saturated heterocycles. The second-order valence-corrected chi connectivity index (χ2v) is 11.9. The Kier molecular flexibility index (Phi) is 8.14. The summed E-state index contributed by atoms with van der Waals surface area (Å²) >= 11 is 5.91. The summed E-state index contributed by atoms with van der Waals surface area (Å²) in [4.78, 5) is 12.8. The number of sulfonamides is 1. The van der Waals surface area contributed by atoms with Gasteiger partial charge in [-0.3, -0.25) is 4.79 Å². The maximum Gasteiger partial charge on any atom is 0.265 e. The Morgan fingerprint density at radius 3 is 2.26 bits per heavy atom. The summed E-state index contributed by atoms with van der Waals surface area (Å²) in [6.07, 6.45) is 0.696. The van der Waals surface area contributed by atoms with Crippen molar-refractivity contribution in [2.24, 2.45) is 0 Å². The highest BCUT2D eigenvalue weighted by atomic mass is 35.5. The molecular weight excluding hydrogens is 522 g/mol. The largest absolute Gasteiger partial charge is 0.476 e. The van der Waals surface area contributed by atoms with E-state index >= 15 is 0 Å². The van der Waals surface area contributed by atoms with E-state index in [1.54, 1.807) is 48.5 Å². The van der Waals surface area contributed by atoms with Gasteiger partial charge in [0.25, 0.3) is 15.9 Å². The molecule has 196 valence electrons. The molecule has 1 heterocycles. The van der Waals surface area contributed by atoms with Crippen LogP contribution in [0.3, 0.4) is 0 Å². The van der Waals surface area contributed by atoms with Crippen molar-refractivity contribution in [2.45, 2.75) is 37.5 Å². The summed E-state index contributed by atoms with van der Waals surface area (Å²) in [5.41, 5.74) is 3.29. The normalized spacial score (nSPS) is 11.7. The van der Waals surface area contributed by atoms with E-state index in [-0.39, 0.29) is 15.9 Å². The number of ether oxygens (including phenoxy) is 1. The van der Waals surface area contributed by atoms with Gasteiger partial charge in [-0.05, 0) is 59.0 Å². The van der Waals surface area contributed by atoms with Crippen LogP contribution in [0.2, 0.25) is 5.02 Å². The zero-order chi connectivity index (χ0) is 27.3. The quantitative estimate of drug-likeness (QED) is 0.297. The first-order valence-electron chi connectivity index (χ1n) is 12.0. The Balaban J connectivity index is 1.40. The highest BCUT2D eigenvalue weighted by Crippen LogP contribution is 2.24. The first-order chi connectivity index (χ1) is 18.0. The lowest BCUT2D eigenvalue weighted by atomic mass is 9.87. The topological polar surface area (TPSA) is 98.2 Å². The van der Waals surface area contributed by atoms with Crippen molar-refractivity contribution < 1.29 is 17.9 Å². The molecule has 1 aromatic heterocycles. The molecule has 0 aliphatic carbocycles. The summed E-state index contributed by atoms with van der Waals surface area (Å²) in [6, 6.07) is 24.0. The fraction of sp³-hybridized carbons (Fsp3) is 0.207. The van der Waals surface area contributed by atoms with Gasteiger partial charge >= 0.3 is 0 Å². The number of hydrogen-bond acceptors (Lipinski definition) is 6. The zero-order valence-electron chi connectivity index (χ0n) is 21.3. The average Bonchev–Trinajstić information content (AvgIpc) is 2.90. The Labute approximate surface area is 227 Å². The molecule has 7 nitrogen and oxygen atoms in total. The van der Waals surface area contributed by atoms with E-state index in [4.69, 9.17) is 16.3 Å². The summed E-state index contributed by atoms with van der Waals surface area (Å²) in [6.45, 7) is 6.55. The lowest BCUT2D eigenvalue weighted by Crippen LogP contribution is -2.30. The average molecular weight is 550 g/mol. The van der Waals surface area contributed by atoms with E-state index in [1.807, 2.05) is 45.0 Å². The minimum absolute atomic E-state index is 0.0209. The zero-order valence-corrected chi connectivity index (χ0v) is 22.9. The summed E-state index contributed by atoms with van der Waals surface area (Å²) in [5.74, 6) is -0.359. The van der Waals surface area contributed by atoms with E-state index in [0.717, 1.165) is 11.1 Å². The first-order valence-corrected chi connectivity index (χ1v) is 13.9. The number of rotatable bonds is 8. The number of hydrogen-bond donors (Lipinski definition) is 1. The predicted octanol–water partition coefficient (Wildman–Crippen LogP) is 5.83. The van der Waals surface area contributed by atoms with Gasteiger partial charge in [0, 0.05) is 28.6 Å². The van der Waals surface area contributed by atoms with Crippen LogP contribution in [0, 0.1) is 0 Å². The van der Waals surface area contributed by atoms with Crippen LogP contribution in [-0.2, 0) is 21.9 Å². The van der Waals surface area contributed by atoms with E-state index in [2.05, 4.69) is 14.9 Å². The number of nitrogens with zero attached hydrogens (tertiary/aromatic N) is 2. The van der Waals surface area contributed by atoms with Crippen LogP contribution in [0.1, 0.15) is 42.3 Å². The lowest BCUT2D eigenvalue weighted by molar-refractivity contribution is 0.0981. The molecule has 38 heavy (non-hydrogen) atoms. The molecule has 0 aliphatic rings. The van der Waals surface area contributed by atoms with Crippen LogP contribution >= 0.6 is 11.6 Å². The number of carbonyl (C=O) groups excluding carboxylic acids is 1. The molecule has 0 aliphatic heterocycles. The molecule has 0 fully saturated rings. The van der Waals surface area contributed by atoms with Gasteiger partial charge in [-0.2, -0.15) is 0 Å². The molecule has 0 spiro atoms. The predicted molar refractivity (Wildman–Crippen MR) is 148 cm³/mol. The van der Waals surface area contributed by atoms with Crippen LogP contribution in [0.25, 0.3) is 11.3 Å². The molecular formula is C29H28ClN3O4S. The van der Waals surface area contributed by atoms with E-state index in [0.29, 0.717) is 35.2 Å². The van der Waals surface area contributed by atoms with Crippen LogP contribution in [0.4, 0.5) is 0 Å². The third-order valence-electron chi connectivity index (χ3n) is 5.87. The second kappa shape index (κ2) is 11.3. The van der Waals surface area contributed by atoms with Gasteiger partial charge < -0.3 is 4.74 Å². The van der Waals surface area contributed by atoms with Crippen molar-refractivity contribution >= 4 is 27.5 Å². The van der Waals surface area contributed by atoms with Crippen molar-refractivity contribution in [3.8, 4) is 17.1 Å². The summed E-state index contributed by atoms with van der Waals surface area (Å²) in [5, 5.41) is 8.99. The summed E-state index contributed by atoms with van der Waals surface area (Å²) < 4.78 is 33.4. The van der Waals surface area contributed by atoms with Gasteiger partial charge in [0.1, 0.15) is 0 Å². The molecule has 0 atom stereocenters. The number of nitrogens with one attached hydrogen (secondary N) is 1. The van der Waals surface area contributed by atoms with E-state index in [9.17, 15) is 13.2 Å². The van der Waals surface area contributed by atoms with Crippen molar-refractivity contribution in [1.29, 1.82) is 0 Å². The van der Waals surface area contributed by atoms with E-state index in [1.165, 1.54) is 12.1 Å². The van der Waals surface area contributed by atoms with Crippen LogP contribution in [-0.4, -0.2) is 31.1 Å². The Bertz CT molecular complexity index is 1510. The van der Waals surface area contributed by atoms with Gasteiger partial charge in [0.2, 0.25) is 5.88 Å². The van der Waals surface area contributed by atoms with Gasteiger partial charge in [-0.25, -0.2) is 13.1 Å². The monoisotopic (exact) mass is 549 g/mol. The van der Waals surface area contributed by atoms with E-state index < -0.39 is 15.9 Å². The maximum atomic E-state index is 12.8. The number of carbonyl (C=O) groups is 1. The molecule has 9 heteroatoms. The smallest absolute Gasteiger partial charge is 0.265 e. The molecule has 0 radical (unpaired) electrons. The van der Waals surface area contributed by atoms with Crippen molar-refractivity contribution in [3.63, 3.8) is 0 Å². The maximum absolute atomic E-state index is 12.8. The highest BCUT2D eigenvalue weighted by molar-refractivity contribution is 7.90. The minimum atomic E-state index is -4.03. The van der Waals surface area contributed by atoms with Crippen molar-refractivity contribution in [3.05, 3.63) is 107 Å². The molecule has 0 unspecified atom stereocenters. The van der Waals surface area contributed by atoms with Crippen molar-refractivity contribution in [2.75, 3.05) is 6.61 Å². The Morgan fingerprint density at radius 2 is 1.63 bits per heavy atom. The fourth-order valence-electron chi connectivity index (χ4n) is 3.67. The minimum Gasteiger partial charge on any atom is -0.476 e.